The number of likely N-dealkylation sites (N-methyl/N-ethyl adjacent to an activating group) is 1. The number of nitrogen functional groups attached to an aromatic ring is 1. The lowest BCUT2D eigenvalue weighted by Crippen LogP contribution is -2.45. The second kappa shape index (κ2) is 15.5. The average molecular weight is 672 g/mol. The van der Waals surface area contributed by atoms with Crippen LogP contribution in [-0.2, 0) is 17.5 Å². The van der Waals surface area contributed by atoms with Crippen molar-refractivity contribution in [2.45, 2.75) is 25.8 Å². The van der Waals surface area contributed by atoms with Gasteiger partial charge in [-0.3, -0.25) is 14.5 Å². The van der Waals surface area contributed by atoms with Crippen LogP contribution >= 0.6 is 0 Å². The number of aliphatic carboxylic acids is 1. The zero-order valence-corrected chi connectivity index (χ0v) is 25.1. The fourth-order valence-electron chi connectivity index (χ4n) is 4.40. The highest BCUT2D eigenvalue weighted by atomic mass is 19.4. The quantitative estimate of drug-likeness (QED) is 0.253. The van der Waals surface area contributed by atoms with E-state index >= 15 is 0 Å². The molecule has 2 aromatic carbocycles. The molecule has 1 fully saturated rings. The first-order valence-electron chi connectivity index (χ1n) is 13.8. The number of amides is 2. The number of nitrogens with zero attached hydrogens (tertiary/aromatic N) is 4. The molecule has 0 atom stereocenters. The van der Waals surface area contributed by atoms with Crippen LogP contribution in [0.25, 0.3) is 0 Å². The number of alkyl halides is 6. The molecule has 12 nitrogen and oxygen atoms in total. The summed E-state index contributed by atoms with van der Waals surface area (Å²) in [5.41, 5.74) is 5.16. The van der Waals surface area contributed by atoms with Crippen LogP contribution in [0.3, 0.4) is 0 Å². The zero-order chi connectivity index (χ0) is 34.9. The second-order valence-corrected chi connectivity index (χ2v) is 10.0. The lowest BCUT2D eigenvalue weighted by molar-refractivity contribution is -0.192. The SMILES string of the molecule is CCN1CCN(Cc2ccc(NC(=O)c3cc(NC(=O)c4nccnc4N)cc(OC)c3)cc2C(F)(F)F)CC1.O=C(O)C(F)(F)F. The van der Waals surface area contributed by atoms with Gasteiger partial charge in [0.15, 0.2) is 11.5 Å². The third-order valence-electron chi connectivity index (χ3n) is 6.83. The Kier molecular flexibility index (Phi) is 12.1. The number of ether oxygens (including phenoxy) is 1. The van der Waals surface area contributed by atoms with Crippen LogP contribution in [0.1, 0.15) is 38.9 Å². The molecule has 1 aromatic heterocycles. The predicted molar refractivity (Wildman–Crippen MR) is 158 cm³/mol. The van der Waals surface area contributed by atoms with Crippen LogP contribution in [0.5, 0.6) is 5.75 Å². The zero-order valence-electron chi connectivity index (χ0n) is 25.1. The van der Waals surface area contributed by atoms with Gasteiger partial charge in [0.05, 0.1) is 12.7 Å². The molecule has 254 valence electrons. The summed E-state index contributed by atoms with van der Waals surface area (Å²) in [6.07, 6.45) is -7.04. The molecule has 4 rings (SSSR count). The van der Waals surface area contributed by atoms with E-state index in [2.05, 4.69) is 32.4 Å². The maximum atomic E-state index is 14.0. The lowest BCUT2D eigenvalue weighted by Gasteiger charge is -2.34. The minimum absolute atomic E-state index is 0.0161. The first-order chi connectivity index (χ1) is 22.0. The van der Waals surface area contributed by atoms with Gasteiger partial charge >= 0.3 is 18.3 Å². The van der Waals surface area contributed by atoms with Gasteiger partial charge in [0.25, 0.3) is 11.8 Å². The molecule has 0 bridgehead atoms. The van der Waals surface area contributed by atoms with Crippen molar-refractivity contribution >= 4 is 35.0 Å². The molecule has 0 saturated carbocycles. The molecule has 18 heteroatoms. The molecule has 5 N–H and O–H groups in total. The molecular weight excluding hydrogens is 640 g/mol. The van der Waals surface area contributed by atoms with Crippen LogP contribution in [-0.4, -0.2) is 88.7 Å². The third-order valence-corrected chi connectivity index (χ3v) is 6.83. The van der Waals surface area contributed by atoms with Crippen LogP contribution < -0.4 is 21.1 Å². The number of carbonyl (C=O) groups excluding carboxylic acids is 2. The summed E-state index contributed by atoms with van der Waals surface area (Å²) >= 11 is 0. The maximum absolute atomic E-state index is 14.0. The molecule has 1 saturated heterocycles. The van der Waals surface area contributed by atoms with Gasteiger partial charge in [-0.25, -0.2) is 14.8 Å². The number of hydrogen-bond donors (Lipinski definition) is 4. The lowest BCUT2D eigenvalue weighted by atomic mass is 10.0. The molecular formula is C29H31F6N7O5. The number of carbonyl (C=O) groups is 3. The van der Waals surface area contributed by atoms with Gasteiger partial charge in [0.1, 0.15) is 5.75 Å². The Morgan fingerprint density at radius 1 is 0.894 bits per heavy atom. The van der Waals surface area contributed by atoms with Gasteiger partial charge in [-0.15, -0.1) is 0 Å². The van der Waals surface area contributed by atoms with E-state index in [-0.39, 0.29) is 46.3 Å². The summed E-state index contributed by atoms with van der Waals surface area (Å²) in [7, 11) is 1.37. The van der Waals surface area contributed by atoms with Crippen LogP contribution in [0.2, 0.25) is 0 Å². The highest BCUT2D eigenvalue weighted by Crippen LogP contribution is 2.35. The van der Waals surface area contributed by atoms with Gasteiger partial charge < -0.3 is 31.1 Å². The summed E-state index contributed by atoms with van der Waals surface area (Å²) in [5.74, 6) is -3.94. The van der Waals surface area contributed by atoms with Gasteiger partial charge in [-0.05, 0) is 36.4 Å². The first kappa shape index (κ1) is 36.5. The molecule has 0 unspecified atom stereocenters. The Morgan fingerprint density at radius 2 is 1.49 bits per heavy atom. The molecule has 3 aromatic rings. The summed E-state index contributed by atoms with van der Waals surface area (Å²) in [6.45, 7) is 6.11. The van der Waals surface area contributed by atoms with E-state index in [1.54, 1.807) is 0 Å². The van der Waals surface area contributed by atoms with Crippen molar-refractivity contribution in [3.05, 3.63) is 71.2 Å². The number of rotatable bonds is 8. The maximum Gasteiger partial charge on any atom is 0.490 e. The number of piperazine rings is 1. The van der Waals surface area contributed by atoms with Crippen LogP contribution in [0.15, 0.2) is 48.8 Å². The van der Waals surface area contributed by atoms with Crippen molar-refractivity contribution in [3.8, 4) is 5.75 Å². The highest BCUT2D eigenvalue weighted by molar-refractivity contribution is 6.08. The normalized spacial score (nSPS) is 14.0. The largest absolute Gasteiger partial charge is 0.497 e. The highest BCUT2D eigenvalue weighted by Gasteiger charge is 2.38. The monoisotopic (exact) mass is 671 g/mol. The fourth-order valence-corrected chi connectivity index (χ4v) is 4.40. The second-order valence-electron chi connectivity index (χ2n) is 10.0. The Labute approximate surface area is 264 Å². The summed E-state index contributed by atoms with van der Waals surface area (Å²) < 4.78 is 78.9. The van der Waals surface area contributed by atoms with E-state index in [1.807, 2.05) is 4.90 Å². The molecule has 1 aliphatic heterocycles. The number of carboxylic acids is 1. The topological polar surface area (TPSA) is 163 Å². The smallest absolute Gasteiger partial charge is 0.490 e. The fraction of sp³-hybridized carbons (Fsp3) is 0.345. The number of aromatic nitrogens is 2. The molecule has 2 amide bonds. The van der Waals surface area contributed by atoms with Crippen molar-refractivity contribution in [3.63, 3.8) is 0 Å². The number of nitrogens with two attached hydrogens (primary N) is 1. The van der Waals surface area contributed by atoms with E-state index < -0.39 is 35.7 Å². The van der Waals surface area contributed by atoms with Gasteiger partial charge in [-0.1, -0.05) is 13.0 Å². The first-order valence-corrected chi connectivity index (χ1v) is 13.8. The molecule has 0 radical (unpaired) electrons. The molecule has 0 spiro atoms. The number of hydrogen-bond acceptors (Lipinski definition) is 9. The van der Waals surface area contributed by atoms with Crippen molar-refractivity contribution in [2.24, 2.45) is 0 Å². The van der Waals surface area contributed by atoms with Gasteiger partial charge in [0, 0.05) is 68.1 Å². The Morgan fingerprint density at radius 3 is 2.04 bits per heavy atom. The Bertz CT molecular complexity index is 1580. The number of halogens is 6. The number of benzene rings is 2. The van der Waals surface area contributed by atoms with E-state index in [9.17, 15) is 35.9 Å². The number of nitrogens with one attached hydrogen (secondary N) is 2. The Hall–Kier alpha value is -4.97. The molecule has 2 heterocycles. The molecule has 47 heavy (non-hydrogen) atoms. The van der Waals surface area contributed by atoms with Crippen LogP contribution in [0, 0.1) is 0 Å². The number of anilines is 3. The van der Waals surface area contributed by atoms with Crippen molar-refractivity contribution < 1.29 is 50.6 Å². The predicted octanol–water partition coefficient (Wildman–Crippen LogP) is 4.36. The van der Waals surface area contributed by atoms with Gasteiger partial charge in [0.2, 0.25) is 0 Å². The summed E-state index contributed by atoms with van der Waals surface area (Å²) in [6, 6.07) is 8.01. The molecule has 0 aliphatic carbocycles. The standard InChI is InChI=1S/C27H30F3N7O3.C2HF3O2/c1-3-36-8-10-37(11-9-36)16-17-4-5-19(15-22(17)27(28,29)30)34-25(38)18-12-20(14-21(13-18)40-2)35-26(39)23-24(31)33-7-6-32-23;3-2(4,5)1(6)7/h4-7,12-15H,3,8-11,16H2,1-2H3,(H2,31,33)(H,34,38)(H,35,39);(H,6,7). The molecule has 1 aliphatic rings. The summed E-state index contributed by atoms with van der Waals surface area (Å²) in [4.78, 5) is 46.5. The third kappa shape index (κ3) is 10.5. The van der Waals surface area contributed by atoms with Crippen molar-refractivity contribution in [1.29, 1.82) is 0 Å². The van der Waals surface area contributed by atoms with E-state index in [0.29, 0.717) is 13.1 Å². The Balaban J connectivity index is 0.000000771. The van der Waals surface area contributed by atoms with Crippen LogP contribution in [0.4, 0.5) is 43.5 Å². The summed E-state index contributed by atoms with van der Waals surface area (Å²) in [5, 5.41) is 12.2. The minimum atomic E-state index is -5.08. The van der Waals surface area contributed by atoms with E-state index in [4.69, 9.17) is 20.4 Å². The van der Waals surface area contributed by atoms with Crippen molar-refractivity contribution in [1.82, 2.24) is 19.8 Å². The van der Waals surface area contributed by atoms with E-state index in [1.165, 1.54) is 49.8 Å². The number of carboxylic acid groups (broad SMARTS) is 1. The minimum Gasteiger partial charge on any atom is -0.497 e. The van der Waals surface area contributed by atoms with Crippen molar-refractivity contribution in [2.75, 3.05) is 56.2 Å². The average Bonchev–Trinajstić information content (AvgIpc) is 3.01. The van der Waals surface area contributed by atoms with E-state index in [0.717, 1.165) is 25.7 Å². The number of methoxy groups -OCH3 is 1. The van der Waals surface area contributed by atoms with Gasteiger partial charge in [-0.2, -0.15) is 26.3 Å².